The van der Waals surface area contributed by atoms with Crippen LogP contribution in [-0.4, -0.2) is 39.3 Å². The number of aromatic nitrogens is 1. The maximum atomic E-state index is 11.0. The van der Waals surface area contributed by atoms with E-state index in [1.54, 1.807) is 16.8 Å². The number of ether oxygens (including phenoxy) is 1. The maximum Gasteiger partial charge on any atom is 0.469 e. The summed E-state index contributed by atoms with van der Waals surface area (Å²) in [5.41, 5.74) is 11.0. The van der Waals surface area contributed by atoms with Crippen LogP contribution in [0, 0.1) is 0 Å². The number of carbonyl (C=O) groups is 1. The molecule has 0 aliphatic carbocycles. The molecule has 0 saturated carbocycles. The van der Waals surface area contributed by atoms with Crippen molar-refractivity contribution in [3.63, 3.8) is 0 Å². The fraction of sp³-hybridized carbons (Fsp3) is 0.455. The minimum Gasteiger partial charge on any atom is -0.370 e. The fourth-order valence-electron chi connectivity index (χ4n) is 2.22. The van der Waals surface area contributed by atoms with E-state index in [-0.39, 0.29) is 18.4 Å². The molecule has 10 nitrogen and oxygen atoms in total. The predicted octanol–water partition coefficient (Wildman–Crippen LogP) is -0.00760. The Bertz CT molecular complexity index is 620. The topological polar surface area (TPSA) is 162 Å². The van der Waals surface area contributed by atoms with Gasteiger partial charge in [0.15, 0.2) is 12.2 Å². The first kappa shape index (κ1) is 16.7. The summed E-state index contributed by atoms with van der Waals surface area (Å²) in [4.78, 5) is 32.3. The zero-order chi connectivity index (χ0) is 16.3. The lowest BCUT2D eigenvalue weighted by Crippen LogP contribution is -2.22. The van der Waals surface area contributed by atoms with Crippen molar-refractivity contribution in [2.75, 3.05) is 6.61 Å². The summed E-state index contributed by atoms with van der Waals surface area (Å²) in [5.74, 6) is 0.0824. The molecule has 11 heteroatoms. The number of phosphoric ester groups is 1. The smallest absolute Gasteiger partial charge is 0.370 e. The first-order chi connectivity index (χ1) is 10.3. The summed E-state index contributed by atoms with van der Waals surface area (Å²) in [6.07, 6.45) is 2.43. The van der Waals surface area contributed by atoms with Crippen molar-refractivity contribution in [2.45, 2.75) is 25.2 Å². The Morgan fingerprint density at radius 3 is 2.86 bits per heavy atom. The van der Waals surface area contributed by atoms with Crippen LogP contribution in [-0.2, 0) is 13.8 Å². The van der Waals surface area contributed by atoms with Gasteiger partial charge < -0.3 is 30.6 Å². The third-order valence-corrected chi connectivity index (χ3v) is 3.59. The van der Waals surface area contributed by atoms with Gasteiger partial charge in [0.2, 0.25) is 0 Å². The number of hydrogen-bond donors (Lipinski definition) is 4. The minimum atomic E-state index is -4.53. The van der Waals surface area contributed by atoms with Gasteiger partial charge >= 0.3 is 7.82 Å². The number of rotatable bonds is 6. The van der Waals surface area contributed by atoms with Crippen molar-refractivity contribution in [2.24, 2.45) is 16.5 Å². The van der Waals surface area contributed by atoms with E-state index in [9.17, 15) is 9.36 Å². The van der Waals surface area contributed by atoms with Gasteiger partial charge in [-0.05, 0) is 18.9 Å². The van der Waals surface area contributed by atoms with E-state index in [1.165, 1.54) is 0 Å². The zero-order valence-corrected chi connectivity index (χ0v) is 12.4. The summed E-state index contributed by atoms with van der Waals surface area (Å²) in [5, 5.41) is 0. The van der Waals surface area contributed by atoms with Gasteiger partial charge in [-0.1, -0.05) is 0 Å². The molecule has 22 heavy (non-hydrogen) atoms. The second-order valence-corrected chi connectivity index (χ2v) is 5.97. The van der Waals surface area contributed by atoms with E-state index >= 15 is 0 Å². The third-order valence-electron chi connectivity index (χ3n) is 3.10. The molecule has 122 valence electrons. The molecular formula is C11H17N4O6P. The van der Waals surface area contributed by atoms with E-state index in [0.29, 0.717) is 24.7 Å². The Labute approximate surface area is 126 Å². The summed E-state index contributed by atoms with van der Waals surface area (Å²) in [6.45, 7) is -0.222. The predicted molar refractivity (Wildman–Crippen MR) is 76.4 cm³/mol. The summed E-state index contributed by atoms with van der Waals surface area (Å²) in [6, 6.07) is 1.55. The average Bonchev–Trinajstić information content (AvgIpc) is 3.01. The van der Waals surface area contributed by atoms with Gasteiger partial charge in [-0.2, -0.15) is 4.99 Å². The van der Waals surface area contributed by atoms with E-state index in [4.69, 9.17) is 26.0 Å². The van der Waals surface area contributed by atoms with Crippen molar-refractivity contribution in [1.29, 1.82) is 0 Å². The van der Waals surface area contributed by atoms with E-state index < -0.39 is 20.2 Å². The van der Waals surface area contributed by atoms with Crippen LogP contribution in [0.3, 0.4) is 0 Å². The number of phosphoric acid groups is 1. The van der Waals surface area contributed by atoms with E-state index in [0.717, 1.165) is 0 Å². The first-order valence-electron chi connectivity index (χ1n) is 6.41. The molecule has 1 aliphatic heterocycles. The van der Waals surface area contributed by atoms with Crippen molar-refractivity contribution in [3.05, 3.63) is 17.8 Å². The van der Waals surface area contributed by atoms with Crippen LogP contribution in [0.4, 0.5) is 5.82 Å². The minimum absolute atomic E-state index is 0.192. The Morgan fingerprint density at radius 2 is 2.27 bits per heavy atom. The molecule has 0 aromatic carbocycles. The maximum absolute atomic E-state index is 11.0. The lowest BCUT2D eigenvalue weighted by atomic mass is 10.2. The van der Waals surface area contributed by atoms with Gasteiger partial charge in [-0.3, -0.25) is 9.32 Å². The van der Waals surface area contributed by atoms with Crippen molar-refractivity contribution < 1.29 is 28.4 Å². The molecule has 1 aromatic heterocycles. The highest BCUT2D eigenvalue weighted by atomic mass is 31.2. The molecule has 2 atom stereocenters. The van der Waals surface area contributed by atoms with Gasteiger partial charge in [-0.15, -0.1) is 0 Å². The largest absolute Gasteiger partial charge is 0.469 e. The Morgan fingerprint density at radius 1 is 1.55 bits per heavy atom. The van der Waals surface area contributed by atoms with Gasteiger partial charge in [0.25, 0.3) is 0 Å². The molecule has 2 rings (SSSR count). The third kappa shape index (κ3) is 4.15. The van der Waals surface area contributed by atoms with Crippen LogP contribution in [0.25, 0.3) is 0 Å². The molecule has 0 amide bonds. The highest BCUT2D eigenvalue weighted by Crippen LogP contribution is 2.39. The Balaban J connectivity index is 2.11. The van der Waals surface area contributed by atoms with Crippen LogP contribution < -0.4 is 11.5 Å². The zero-order valence-electron chi connectivity index (χ0n) is 11.5. The van der Waals surface area contributed by atoms with Crippen molar-refractivity contribution >= 4 is 25.9 Å². The number of nitrogens with zero attached hydrogens (tertiary/aromatic N) is 2. The second kappa shape index (κ2) is 6.59. The van der Waals surface area contributed by atoms with Gasteiger partial charge in [0, 0.05) is 6.20 Å². The van der Waals surface area contributed by atoms with Crippen molar-refractivity contribution in [3.8, 4) is 0 Å². The number of aldehydes is 1. The van der Waals surface area contributed by atoms with Crippen LogP contribution in [0.15, 0.2) is 17.3 Å². The molecule has 2 heterocycles. The SMILES string of the molecule is NC(N)=Nc1c(C=O)ccn1[C@H]1CC[C@@H](COP(=O)(O)O)O1. The molecule has 1 aromatic rings. The number of carbonyl (C=O) groups excluding carboxylic acids is 1. The van der Waals surface area contributed by atoms with E-state index in [1.807, 2.05) is 0 Å². The standard InChI is InChI=1S/C11H17N4O6P/c12-11(13)14-10-7(5-16)3-4-15(10)9-2-1-8(21-9)6-20-22(17,18)19/h3-5,8-9H,1-2,6H2,(H4,12,13,14)(H2,17,18,19)/t8-,9+/m0/s1. The normalized spacial score (nSPS) is 21.7. The van der Waals surface area contributed by atoms with Gasteiger partial charge in [-0.25, -0.2) is 4.57 Å². The molecule has 1 aliphatic rings. The summed E-state index contributed by atoms with van der Waals surface area (Å²) >= 11 is 0. The molecule has 0 bridgehead atoms. The number of guanidine groups is 1. The summed E-state index contributed by atoms with van der Waals surface area (Å²) in [7, 11) is -4.53. The molecule has 0 radical (unpaired) electrons. The van der Waals surface area contributed by atoms with Crippen LogP contribution >= 0.6 is 7.82 Å². The molecule has 0 unspecified atom stereocenters. The van der Waals surface area contributed by atoms with Crippen LogP contribution in [0.1, 0.15) is 29.4 Å². The molecule has 1 saturated heterocycles. The second-order valence-electron chi connectivity index (χ2n) is 4.73. The monoisotopic (exact) mass is 332 g/mol. The van der Waals surface area contributed by atoms with Crippen molar-refractivity contribution in [1.82, 2.24) is 4.57 Å². The fourth-order valence-corrected chi connectivity index (χ4v) is 2.58. The number of aliphatic imine (C=N–C) groups is 1. The average molecular weight is 332 g/mol. The Kier molecular flexibility index (Phi) is 4.99. The van der Waals surface area contributed by atoms with E-state index in [2.05, 4.69) is 9.52 Å². The number of nitrogens with two attached hydrogens (primary N) is 2. The molecular weight excluding hydrogens is 315 g/mol. The summed E-state index contributed by atoms with van der Waals surface area (Å²) < 4.78 is 22.4. The first-order valence-corrected chi connectivity index (χ1v) is 7.94. The highest BCUT2D eigenvalue weighted by molar-refractivity contribution is 7.46. The lowest BCUT2D eigenvalue weighted by Gasteiger charge is -2.17. The van der Waals surface area contributed by atoms with Gasteiger partial charge in [0.05, 0.1) is 18.3 Å². The quantitative estimate of drug-likeness (QED) is 0.245. The van der Waals surface area contributed by atoms with Crippen LogP contribution in [0.5, 0.6) is 0 Å². The molecule has 0 spiro atoms. The number of hydrogen-bond acceptors (Lipinski definition) is 5. The lowest BCUT2D eigenvalue weighted by molar-refractivity contribution is -0.0211. The molecule has 1 fully saturated rings. The van der Waals surface area contributed by atoms with Gasteiger partial charge in [0.1, 0.15) is 12.0 Å². The Hall–Kier alpha value is -1.71. The van der Waals surface area contributed by atoms with Crippen LogP contribution in [0.2, 0.25) is 0 Å². The molecule has 6 N–H and O–H groups in total. The highest BCUT2D eigenvalue weighted by Gasteiger charge is 2.30.